The Morgan fingerprint density at radius 3 is 2.60 bits per heavy atom. The predicted octanol–water partition coefficient (Wildman–Crippen LogP) is 2.82. The van der Waals surface area contributed by atoms with Gasteiger partial charge in [-0.05, 0) is 19.8 Å². The monoisotopic (exact) mass is 159 g/mol. The summed E-state index contributed by atoms with van der Waals surface area (Å²) in [5.41, 5.74) is 0.281. The third-order valence-electron chi connectivity index (χ3n) is 1.92. The zero-order chi connectivity index (χ0) is 7.40. The summed E-state index contributed by atoms with van der Waals surface area (Å²) < 4.78 is 5.66. The average molecular weight is 159 g/mol. The molecule has 10 heavy (non-hydrogen) atoms. The summed E-state index contributed by atoms with van der Waals surface area (Å²) in [6.07, 6.45) is 9.45. The first-order valence-electron chi connectivity index (χ1n) is 3.89. The van der Waals surface area contributed by atoms with E-state index < -0.39 is 0 Å². The van der Waals surface area contributed by atoms with Crippen LogP contribution in [0.2, 0.25) is 0 Å². The molecule has 1 aliphatic carbocycles. The molecule has 2 heteroatoms. The van der Waals surface area contributed by atoms with Gasteiger partial charge in [0.15, 0.2) is 0 Å². The fourth-order valence-corrected chi connectivity index (χ4v) is 1.57. The molecule has 0 amide bonds. The van der Waals surface area contributed by atoms with E-state index in [0.717, 1.165) is 0 Å². The molecule has 0 aromatic heterocycles. The highest BCUT2D eigenvalue weighted by Crippen LogP contribution is 2.24. The molecule has 1 rings (SSSR count). The summed E-state index contributed by atoms with van der Waals surface area (Å²) in [7, 11) is 0. The molecule has 1 radical (unpaired) electrons. The number of hydrogen-bond acceptors (Lipinski definition) is 2. The van der Waals surface area contributed by atoms with Gasteiger partial charge in [0.1, 0.15) is 5.44 Å². The minimum absolute atomic E-state index is 0.281. The van der Waals surface area contributed by atoms with E-state index in [-0.39, 0.29) is 5.44 Å². The molecule has 1 atom stereocenters. The van der Waals surface area contributed by atoms with Gasteiger partial charge >= 0.3 is 0 Å². The van der Waals surface area contributed by atoms with E-state index in [0.29, 0.717) is 6.10 Å². The highest BCUT2D eigenvalue weighted by Gasteiger charge is 2.17. The van der Waals surface area contributed by atoms with Crippen LogP contribution < -0.4 is 0 Å². The van der Waals surface area contributed by atoms with Gasteiger partial charge in [-0.3, -0.25) is 0 Å². The van der Waals surface area contributed by atoms with Crippen molar-refractivity contribution in [1.29, 1.82) is 0 Å². The average Bonchev–Trinajstić information content (AvgIpc) is 2.40. The van der Waals surface area contributed by atoms with E-state index in [9.17, 15) is 0 Å². The fraction of sp³-hybridized carbons (Fsp3) is 0.875. The summed E-state index contributed by atoms with van der Waals surface area (Å²) in [5.74, 6) is 0. The van der Waals surface area contributed by atoms with Crippen molar-refractivity contribution in [3.63, 3.8) is 0 Å². The lowest BCUT2D eigenvalue weighted by Gasteiger charge is -2.15. The summed E-state index contributed by atoms with van der Waals surface area (Å²) in [4.78, 5) is 0. The molecule has 1 fully saturated rings. The number of hydrogen-bond donors (Lipinski definition) is 0. The van der Waals surface area contributed by atoms with Crippen molar-refractivity contribution in [2.24, 2.45) is 0 Å². The molecule has 59 valence electrons. The maximum atomic E-state index is 5.66. The highest BCUT2D eigenvalue weighted by molar-refractivity contribution is 8.00. The molecule has 0 aromatic rings. The second kappa shape index (κ2) is 4.24. The van der Waals surface area contributed by atoms with Crippen LogP contribution in [0.3, 0.4) is 0 Å². The van der Waals surface area contributed by atoms with Crippen molar-refractivity contribution in [2.45, 2.75) is 44.1 Å². The van der Waals surface area contributed by atoms with Gasteiger partial charge in [0, 0.05) is 6.26 Å². The molecule has 1 saturated carbocycles. The molecule has 1 nitrogen and oxygen atoms in total. The maximum absolute atomic E-state index is 5.66. The standard InChI is InChI=1S/C8H15OS/c1-7(10-2)9-8-5-3-4-6-8/h7-8H,2-6H2,1H3. The molecule has 0 heterocycles. The van der Waals surface area contributed by atoms with Crippen molar-refractivity contribution in [2.75, 3.05) is 0 Å². The first-order chi connectivity index (χ1) is 4.83. The van der Waals surface area contributed by atoms with E-state index in [2.05, 4.69) is 13.2 Å². The van der Waals surface area contributed by atoms with Crippen molar-refractivity contribution < 1.29 is 4.74 Å². The molecule has 0 N–H and O–H groups in total. The third-order valence-corrected chi connectivity index (χ3v) is 2.50. The molecule has 0 bridgehead atoms. The molecular weight excluding hydrogens is 144 g/mol. The first-order valence-corrected chi connectivity index (χ1v) is 4.94. The lowest BCUT2D eigenvalue weighted by atomic mass is 10.3. The molecule has 0 aromatic carbocycles. The van der Waals surface area contributed by atoms with Gasteiger partial charge in [0.05, 0.1) is 6.10 Å². The maximum Gasteiger partial charge on any atom is 0.100 e. The van der Waals surface area contributed by atoms with Crippen LogP contribution in [0.1, 0.15) is 32.6 Å². The predicted molar refractivity (Wildman–Crippen MR) is 45.8 cm³/mol. The van der Waals surface area contributed by atoms with Crippen molar-refractivity contribution >= 4 is 11.8 Å². The van der Waals surface area contributed by atoms with Gasteiger partial charge in [-0.25, -0.2) is 0 Å². The van der Waals surface area contributed by atoms with Crippen LogP contribution in [0.4, 0.5) is 0 Å². The normalized spacial score (nSPS) is 23.4. The van der Waals surface area contributed by atoms with Crippen LogP contribution in [-0.2, 0) is 4.74 Å². The lowest BCUT2D eigenvalue weighted by Crippen LogP contribution is -2.13. The minimum atomic E-state index is 0.281. The summed E-state index contributed by atoms with van der Waals surface area (Å²) >= 11 is 1.54. The van der Waals surface area contributed by atoms with Gasteiger partial charge in [0.25, 0.3) is 0 Å². The van der Waals surface area contributed by atoms with E-state index >= 15 is 0 Å². The summed E-state index contributed by atoms with van der Waals surface area (Å²) in [5, 5.41) is 0. The van der Waals surface area contributed by atoms with Crippen LogP contribution in [0, 0.1) is 6.26 Å². The number of rotatable bonds is 3. The van der Waals surface area contributed by atoms with Gasteiger partial charge in [-0.15, -0.1) is 11.8 Å². The summed E-state index contributed by atoms with van der Waals surface area (Å²) in [6, 6.07) is 0. The Bertz CT molecular complexity index is 89.3. The Morgan fingerprint density at radius 1 is 1.50 bits per heavy atom. The molecule has 1 aliphatic rings. The van der Waals surface area contributed by atoms with Gasteiger partial charge in [-0.2, -0.15) is 0 Å². The summed E-state index contributed by atoms with van der Waals surface area (Å²) in [6.45, 7) is 2.07. The SMILES string of the molecule is [CH2]SC(C)OC1CCCC1. The van der Waals surface area contributed by atoms with E-state index in [1.165, 1.54) is 37.4 Å². The molecule has 1 unspecified atom stereocenters. The quantitative estimate of drug-likeness (QED) is 0.586. The lowest BCUT2D eigenvalue weighted by molar-refractivity contribution is 0.0494. The van der Waals surface area contributed by atoms with Crippen LogP contribution in [0.5, 0.6) is 0 Å². The topological polar surface area (TPSA) is 9.23 Å². The Kier molecular flexibility index (Phi) is 3.57. The van der Waals surface area contributed by atoms with Crippen molar-refractivity contribution in [1.82, 2.24) is 0 Å². The Morgan fingerprint density at radius 2 is 2.10 bits per heavy atom. The third kappa shape index (κ3) is 2.51. The molecular formula is C8H15OS. The van der Waals surface area contributed by atoms with E-state index in [4.69, 9.17) is 4.74 Å². The van der Waals surface area contributed by atoms with Crippen molar-refractivity contribution in [3.8, 4) is 0 Å². The van der Waals surface area contributed by atoms with Crippen LogP contribution in [0.15, 0.2) is 0 Å². The van der Waals surface area contributed by atoms with Gasteiger partial charge in [0.2, 0.25) is 0 Å². The highest BCUT2D eigenvalue weighted by atomic mass is 32.2. The van der Waals surface area contributed by atoms with Crippen LogP contribution in [0.25, 0.3) is 0 Å². The first kappa shape index (κ1) is 8.41. The van der Waals surface area contributed by atoms with E-state index in [1.54, 1.807) is 0 Å². The molecule has 0 aliphatic heterocycles. The second-order valence-electron chi connectivity index (χ2n) is 2.78. The zero-order valence-electron chi connectivity index (χ0n) is 6.51. The van der Waals surface area contributed by atoms with Crippen LogP contribution in [-0.4, -0.2) is 11.5 Å². The Hall–Kier alpha value is 0.310. The number of ether oxygens (including phenoxy) is 1. The molecule has 0 saturated heterocycles. The van der Waals surface area contributed by atoms with E-state index in [1.807, 2.05) is 0 Å². The minimum Gasteiger partial charge on any atom is -0.365 e. The van der Waals surface area contributed by atoms with Crippen molar-refractivity contribution in [3.05, 3.63) is 6.26 Å². The number of thioether (sulfide) groups is 1. The Balaban J connectivity index is 2.11. The van der Waals surface area contributed by atoms with Crippen LogP contribution >= 0.6 is 11.8 Å². The molecule has 0 spiro atoms. The smallest absolute Gasteiger partial charge is 0.100 e. The Labute approximate surface area is 67.5 Å². The zero-order valence-corrected chi connectivity index (χ0v) is 7.32. The largest absolute Gasteiger partial charge is 0.365 e. The van der Waals surface area contributed by atoms with Gasteiger partial charge < -0.3 is 4.74 Å². The fourth-order valence-electron chi connectivity index (χ4n) is 1.33. The second-order valence-corrected chi connectivity index (χ2v) is 3.77. The van der Waals surface area contributed by atoms with Gasteiger partial charge in [-0.1, -0.05) is 12.8 Å².